The molecule has 2 aromatic carbocycles. The van der Waals surface area contributed by atoms with E-state index in [2.05, 4.69) is 10.3 Å². The first-order valence-electron chi connectivity index (χ1n) is 11.7. The molecule has 0 saturated carbocycles. The number of rotatable bonds is 11. The van der Waals surface area contributed by atoms with Crippen LogP contribution in [0.4, 0.5) is 8.78 Å². The largest absolute Gasteiger partial charge is 0.391 e. The number of pyridine rings is 1. The fourth-order valence-electron chi connectivity index (χ4n) is 4.03. The Kier molecular flexibility index (Phi) is 8.70. The van der Waals surface area contributed by atoms with E-state index in [9.17, 15) is 28.6 Å². The summed E-state index contributed by atoms with van der Waals surface area (Å²) in [5, 5.41) is 24.1. The molecule has 0 aliphatic carbocycles. The number of benzene rings is 2. The molecule has 36 heavy (non-hydrogen) atoms. The standard InChI is InChI=1S/C27H31F2N3O4/c1-27(2,36)11-10-18(25(30)34)14-22(33)21(12-16-6-4-3-5-7-16)32-26(35)19-13-17-8-9-20(28)23(29)24(17)31-15-19/h3-9,13,15,18,21-22,33,36H,10-12,14H2,1-2H3,(H2,30,34)(H,32,35)/t18-,21+,22+/m1/s1. The van der Waals surface area contributed by atoms with Gasteiger partial charge in [-0.3, -0.25) is 14.6 Å². The number of hydrogen-bond acceptors (Lipinski definition) is 5. The maximum atomic E-state index is 14.0. The molecular weight excluding hydrogens is 468 g/mol. The third kappa shape index (κ3) is 7.29. The number of amides is 2. The summed E-state index contributed by atoms with van der Waals surface area (Å²) in [5.41, 5.74) is 5.32. The second kappa shape index (κ2) is 11.5. The highest BCUT2D eigenvalue weighted by molar-refractivity contribution is 5.97. The number of nitrogens with one attached hydrogen (secondary N) is 1. The maximum absolute atomic E-state index is 14.0. The van der Waals surface area contributed by atoms with Gasteiger partial charge in [0.25, 0.3) is 5.91 Å². The molecule has 3 atom stereocenters. The van der Waals surface area contributed by atoms with Crippen LogP contribution in [-0.2, 0) is 11.2 Å². The van der Waals surface area contributed by atoms with E-state index in [4.69, 9.17) is 5.73 Å². The van der Waals surface area contributed by atoms with Crippen molar-refractivity contribution in [3.63, 3.8) is 0 Å². The Balaban J connectivity index is 1.82. The lowest BCUT2D eigenvalue weighted by atomic mass is 9.87. The van der Waals surface area contributed by atoms with Gasteiger partial charge in [0, 0.05) is 17.5 Å². The molecular formula is C27H31F2N3O4. The lowest BCUT2D eigenvalue weighted by Gasteiger charge is -2.28. The number of fused-ring (bicyclic) bond motifs is 1. The number of nitrogens with two attached hydrogens (primary N) is 1. The maximum Gasteiger partial charge on any atom is 0.253 e. The van der Waals surface area contributed by atoms with E-state index in [0.717, 1.165) is 17.8 Å². The molecule has 0 spiro atoms. The van der Waals surface area contributed by atoms with Gasteiger partial charge in [-0.2, -0.15) is 0 Å². The van der Waals surface area contributed by atoms with E-state index in [1.165, 1.54) is 12.1 Å². The van der Waals surface area contributed by atoms with Crippen LogP contribution in [0.3, 0.4) is 0 Å². The predicted molar refractivity (Wildman–Crippen MR) is 132 cm³/mol. The van der Waals surface area contributed by atoms with Crippen molar-refractivity contribution >= 4 is 22.7 Å². The molecule has 192 valence electrons. The Morgan fingerprint density at radius 1 is 1.14 bits per heavy atom. The Labute approximate surface area is 208 Å². The Morgan fingerprint density at radius 3 is 2.47 bits per heavy atom. The van der Waals surface area contributed by atoms with Gasteiger partial charge in [-0.05, 0) is 63.3 Å². The molecule has 0 unspecified atom stereocenters. The van der Waals surface area contributed by atoms with Gasteiger partial charge >= 0.3 is 0 Å². The summed E-state index contributed by atoms with van der Waals surface area (Å²) >= 11 is 0. The van der Waals surface area contributed by atoms with Crippen LogP contribution < -0.4 is 11.1 Å². The van der Waals surface area contributed by atoms with Gasteiger partial charge in [-0.15, -0.1) is 0 Å². The number of primary amides is 1. The number of carbonyl (C=O) groups is 2. The van der Waals surface area contributed by atoms with Gasteiger partial charge in [-0.1, -0.05) is 30.3 Å². The first kappa shape index (κ1) is 27.2. The van der Waals surface area contributed by atoms with Crippen molar-refractivity contribution in [1.82, 2.24) is 10.3 Å². The molecule has 0 bridgehead atoms. The monoisotopic (exact) mass is 499 g/mol. The summed E-state index contributed by atoms with van der Waals surface area (Å²) < 4.78 is 27.5. The summed E-state index contributed by atoms with van der Waals surface area (Å²) in [5.74, 6) is -4.01. The third-order valence-electron chi connectivity index (χ3n) is 6.12. The fraction of sp³-hybridized carbons (Fsp3) is 0.370. The van der Waals surface area contributed by atoms with Crippen LogP contribution in [0.25, 0.3) is 10.9 Å². The number of hydrogen-bond donors (Lipinski definition) is 4. The summed E-state index contributed by atoms with van der Waals surface area (Å²) in [6, 6.07) is 12.1. The van der Waals surface area contributed by atoms with Crippen LogP contribution in [0.1, 0.15) is 49.0 Å². The molecule has 9 heteroatoms. The minimum absolute atomic E-state index is 0.0103. The van der Waals surface area contributed by atoms with E-state index in [1.807, 2.05) is 30.3 Å². The molecule has 0 aliphatic heterocycles. The van der Waals surface area contributed by atoms with E-state index in [1.54, 1.807) is 13.8 Å². The van der Waals surface area contributed by atoms with Crippen molar-refractivity contribution in [3.8, 4) is 0 Å². The number of carbonyl (C=O) groups excluding carboxylic acids is 2. The Bertz CT molecular complexity index is 1210. The molecule has 2 amide bonds. The van der Waals surface area contributed by atoms with Gasteiger partial charge < -0.3 is 21.3 Å². The number of aromatic nitrogens is 1. The highest BCUT2D eigenvalue weighted by Gasteiger charge is 2.29. The van der Waals surface area contributed by atoms with Crippen LogP contribution in [0.5, 0.6) is 0 Å². The highest BCUT2D eigenvalue weighted by atomic mass is 19.2. The first-order valence-corrected chi connectivity index (χ1v) is 11.7. The van der Waals surface area contributed by atoms with Gasteiger partial charge in [0.2, 0.25) is 5.91 Å². The van der Waals surface area contributed by atoms with Gasteiger partial charge in [-0.25, -0.2) is 8.78 Å². The van der Waals surface area contributed by atoms with Crippen molar-refractivity contribution in [2.75, 3.05) is 0 Å². The Morgan fingerprint density at radius 2 is 1.83 bits per heavy atom. The molecule has 7 nitrogen and oxygen atoms in total. The van der Waals surface area contributed by atoms with Crippen molar-refractivity contribution in [1.29, 1.82) is 0 Å². The van der Waals surface area contributed by atoms with E-state index in [-0.39, 0.29) is 35.7 Å². The van der Waals surface area contributed by atoms with Crippen LogP contribution in [0, 0.1) is 17.6 Å². The molecule has 0 radical (unpaired) electrons. The molecule has 3 aromatic rings. The molecule has 0 saturated heterocycles. The number of halogens is 2. The SMILES string of the molecule is CC(C)(O)CC[C@H](C[C@H](O)[C@H](Cc1ccccc1)NC(=O)c1cnc2c(F)c(F)ccc2c1)C(N)=O. The number of aliphatic hydroxyl groups excluding tert-OH is 1. The van der Waals surface area contributed by atoms with Crippen LogP contribution in [0.2, 0.25) is 0 Å². The van der Waals surface area contributed by atoms with Crippen molar-refractivity contribution in [2.45, 2.75) is 57.3 Å². The molecule has 1 heterocycles. The minimum Gasteiger partial charge on any atom is -0.391 e. The summed E-state index contributed by atoms with van der Waals surface area (Å²) in [6.07, 6.45) is 0.854. The van der Waals surface area contributed by atoms with Crippen molar-refractivity contribution < 1.29 is 28.6 Å². The molecule has 0 aliphatic rings. The molecule has 5 N–H and O–H groups in total. The lowest BCUT2D eigenvalue weighted by molar-refractivity contribution is -0.123. The fourth-order valence-corrected chi connectivity index (χ4v) is 4.03. The lowest BCUT2D eigenvalue weighted by Crippen LogP contribution is -2.46. The average Bonchev–Trinajstić information content (AvgIpc) is 2.83. The summed E-state index contributed by atoms with van der Waals surface area (Å²) in [6.45, 7) is 3.25. The third-order valence-corrected chi connectivity index (χ3v) is 6.12. The minimum atomic E-state index is -1.13. The topological polar surface area (TPSA) is 126 Å². The molecule has 3 rings (SSSR count). The van der Waals surface area contributed by atoms with E-state index >= 15 is 0 Å². The van der Waals surface area contributed by atoms with Crippen LogP contribution >= 0.6 is 0 Å². The quantitative estimate of drug-likeness (QED) is 0.322. The van der Waals surface area contributed by atoms with Gasteiger partial charge in [0.1, 0.15) is 5.52 Å². The zero-order valence-corrected chi connectivity index (χ0v) is 20.2. The van der Waals surface area contributed by atoms with Crippen molar-refractivity contribution in [3.05, 3.63) is 77.5 Å². The van der Waals surface area contributed by atoms with E-state index in [0.29, 0.717) is 6.42 Å². The zero-order valence-electron chi connectivity index (χ0n) is 20.2. The normalized spacial score (nSPS) is 14.3. The van der Waals surface area contributed by atoms with Crippen molar-refractivity contribution in [2.24, 2.45) is 11.7 Å². The number of nitrogens with zero attached hydrogens (tertiary/aromatic N) is 1. The zero-order chi connectivity index (χ0) is 26.5. The predicted octanol–water partition coefficient (Wildman–Crippen LogP) is 3.26. The number of aliphatic hydroxyl groups is 2. The molecule has 1 aromatic heterocycles. The molecule has 0 fully saturated rings. The highest BCUT2D eigenvalue weighted by Crippen LogP contribution is 2.23. The Hall–Kier alpha value is -3.43. The first-order chi connectivity index (χ1) is 16.9. The second-order valence-electron chi connectivity index (χ2n) is 9.68. The summed E-state index contributed by atoms with van der Waals surface area (Å²) in [4.78, 5) is 29.0. The second-order valence-corrected chi connectivity index (χ2v) is 9.68. The van der Waals surface area contributed by atoms with Gasteiger partial charge in [0.15, 0.2) is 11.6 Å². The summed E-state index contributed by atoms with van der Waals surface area (Å²) in [7, 11) is 0. The van der Waals surface area contributed by atoms with E-state index < -0.39 is 47.1 Å². The van der Waals surface area contributed by atoms with Crippen LogP contribution in [-0.4, -0.2) is 44.8 Å². The average molecular weight is 500 g/mol. The van der Waals surface area contributed by atoms with Gasteiger partial charge in [0.05, 0.1) is 23.3 Å². The van der Waals surface area contributed by atoms with Crippen LogP contribution in [0.15, 0.2) is 54.7 Å². The smallest absolute Gasteiger partial charge is 0.253 e.